The summed E-state index contributed by atoms with van der Waals surface area (Å²) < 4.78 is 1.12. The number of rotatable bonds is 4. The summed E-state index contributed by atoms with van der Waals surface area (Å²) in [6, 6.07) is 15.1. The second-order valence-corrected chi connectivity index (χ2v) is 6.21. The van der Waals surface area contributed by atoms with Gasteiger partial charge in [-0.05, 0) is 55.7 Å². The van der Waals surface area contributed by atoms with Gasteiger partial charge in [-0.25, -0.2) is 0 Å². The van der Waals surface area contributed by atoms with Gasteiger partial charge in [0.25, 0.3) is 0 Å². The first-order valence-electron chi connectivity index (χ1n) is 6.82. The van der Waals surface area contributed by atoms with Crippen molar-refractivity contribution in [3.8, 4) is 0 Å². The number of halogens is 1. The van der Waals surface area contributed by atoms with Crippen LogP contribution >= 0.6 is 15.9 Å². The summed E-state index contributed by atoms with van der Waals surface area (Å²) in [6.07, 6.45) is 0.884. The Morgan fingerprint density at radius 3 is 2.45 bits per heavy atom. The van der Waals surface area contributed by atoms with E-state index in [0.29, 0.717) is 0 Å². The lowest BCUT2D eigenvalue weighted by Gasteiger charge is -2.21. The van der Waals surface area contributed by atoms with Crippen molar-refractivity contribution in [2.75, 3.05) is 11.9 Å². The van der Waals surface area contributed by atoms with Crippen molar-refractivity contribution in [2.45, 2.75) is 26.3 Å². The molecule has 0 amide bonds. The van der Waals surface area contributed by atoms with E-state index in [1.54, 1.807) is 0 Å². The maximum Gasteiger partial charge on any atom is 0.0419 e. The molecule has 0 saturated heterocycles. The van der Waals surface area contributed by atoms with Crippen LogP contribution in [0.3, 0.4) is 0 Å². The van der Waals surface area contributed by atoms with Gasteiger partial charge in [0.2, 0.25) is 0 Å². The van der Waals surface area contributed by atoms with Gasteiger partial charge >= 0.3 is 0 Å². The Bertz CT molecular complexity index is 593. The molecule has 20 heavy (non-hydrogen) atoms. The Balaban J connectivity index is 2.27. The number of nitrogens with two attached hydrogens (primary N) is 1. The Hall–Kier alpha value is -1.32. The Morgan fingerprint density at radius 1 is 1.15 bits per heavy atom. The molecule has 0 aromatic heterocycles. The van der Waals surface area contributed by atoms with E-state index in [1.807, 2.05) is 6.92 Å². The fraction of sp³-hybridized carbons (Fsp3) is 0.294. The van der Waals surface area contributed by atoms with Crippen LogP contribution in [0.2, 0.25) is 0 Å². The van der Waals surface area contributed by atoms with Crippen LogP contribution in [-0.4, -0.2) is 13.1 Å². The molecule has 1 unspecified atom stereocenters. The average molecular weight is 333 g/mol. The molecule has 0 radical (unpaired) electrons. The fourth-order valence-electron chi connectivity index (χ4n) is 2.24. The van der Waals surface area contributed by atoms with Gasteiger partial charge in [-0.2, -0.15) is 0 Å². The summed E-state index contributed by atoms with van der Waals surface area (Å²) in [4.78, 5) is 2.19. The van der Waals surface area contributed by atoms with Crippen LogP contribution in [0.25, 0.3) is 0 Å². The summed E-state index contributed by atoms with van der Waals surface area (Å²) in [6.45, 7) is 4.14. The molecule has 0 bridgehead atoms. The molecule has 106 valence electrons. The van der Waals surface area contributed by atoms with Crippen LogP contribution in [-0.2, 0) is 6.42 Å². The third kappa shape index (κ3) is 3.62. The molecule has 1 atom stereocenters. The summed E-state index contributed by atoms with van der Waals surface area (Å²) >= 11 is 3.65. The van der Waals surface area contributed by atoms with Gasteiger partial charge in [0.15, 0.2) is 0 Å². The molecule has 2 nitrogen and oxygen atoms in total. The van der Waals surface area contributed by atoms with E-state index in [-0.39, 0.29) is 6.04 Å². The van der Waals surface area contributed by atoms with Crippen LogP contribution in [0.15, 0.2) is 46.9 Å². The summed E-state index contributed by atoms with van der Waals surface area (Å²) in [5.74, 6) is 0. The number of benzene rings is 2. The van der Waals surface area contributed by atoms with Crippen LogP contribution in [0.5, 0.6) is 0 Å². The predicted octanol–water partition coefficient (Wildman–Crippen LogP) is 4.42. The molecule has 0 aliphatic heterocycles. The quantitative estimate of drug-likeness (QED) is 0.898. The highest BCUT2D eigenvalue weighted by Crippen LogP contribution is 2.29. The Kier molecular flexibility index (Phi) is 4.84. The lowest BCUT2D eigenvalue weighted by molar-refractivity contribution is 0.736. The molecule has 0 aliphatic rings. The highest BCUT2D eigenvalue weighted by atomic mass is 79.9. The summed E-state index contributed by atoms with van der Waals surface area (Å²) in [7, 11) is 2.09. The Labute approximate surface area is 129 Å². The van der Waals surface area contributed by atoms with Gasteiger partial charge in [-0.15, -0.1) is 0 Å². The van der Waals surface area contributed by atoms with E-state index >= 15 is 0 Å². The smallest absolute Gasteiger partial charge is 0.0419 e. The molecule has 2 rings (SSSR count). The van der Waals surface area contributed by atoms with Crippen molar-refractivity contribution in [2.24, 2.45) is 5.73 Å². The lowest BCUT2D eigenvalue weighted by atomic mass is 10.1. The highest BCUT2D eigenvalue weighted by Gasteiger charge is 2.08. The minimum absolute atomic E-state index is 0.173. The molecule has 0 aliphatic carbocycles. The summed E-state index contributed by atoms with van der Waals surface area (Å²) in [5, 5.41) is 0. The second-order valence-electron chi connectivity index (χ2n) is 5.36. The maximum atomic E-state index is 5.87. The topological polar surface area (TPSA) is 29.3 Å². The first-order valence-corrected chi connectivity index (χ1v) is 7.61. The third-order valence-corrected chi connectivity index (χ3v) is 4.09. The van der Waals surface area contributed by atoms with Gasteiger partial charge in [-0.1, -0.05) is 34.1 Å². The molecule has 2 aromatic rings. The SMILES string of the molecule is Cc1cccc(N(C)c2ccc(CC(C)N)c(Br)c2)c1. The van der Waals surface area contributed by atoms with Crippen molar-refractivity contribution in [1.82, 2.24) is 0 Å². The van der Waals surface area contributed by atoms with Crippen molar-refractivity contribution in [3.05, 3.63) is 58.1 Å². The van der Waals surface area contributed by atoms with Gasteiger partial charge in [0.1, 0.15) is 0 Å². The monoisotopic (exact) mass is 332 g/mol. The van der Waals surface area contributed by atoms with Gasteiger partial charge < -0.3 is 10.6 Å². The van der Waals surface area contributed by atoms with Gasteiger partial charge in [0.05, 0.1) is 0 Å². The molecule has 0 saturated carbocycles. The van der Waals surface area contributed by atoms with E-state index in [0.717, 1.165) is 16.6 Å². The zero-order valence-electron chi connectivity index (χ0n) is 12.2. The standard InChI is InChI=1S/C17H21BrN2/c1-12-5-4-6-15(9-12)20(3)16-8-7-14(10-13(2)19)17(18)11-16/h4-9,11,13H,10,19H2,1-3H3. The highest BCUT2D eigenvalue weighted by molar-refractivity contribution is 9.10. The minimum Gasteiger partial charge on any atom is -0.345 e. The third-order valence-electron chi connectivity index (χ3n) is 3.35. The molecule has 0 heterocycles. The van der Waals surface area contributed by atoms with Crippen LogP contribution in [0.4, 0.5) is 11.4 Å². The number of nitrogens with zero attached hydrogens (tertiary/aromatic N) is 1. The Morgan fingerprint density at radius 2 is 1.85 bits per heavy atom. The molecule has 0 fully saturated rings. The van der Waals surface area contributed by atoms with Crippen molar-refractivity contribution < 1.29 is 0 Å². The van der Waals surface area contributed by atoms with Crippen LogP contribution in [0, 0.1) is 6.92 Å². The van der Waals surface area contributed by atoms with Crippen molar-refractivity contribution >= 4 is 27.3 Å². The molecule has 2 N–H and O–H groups in total. The number of anilines is 2. The van der Waals surface area contributed by atoms with Crippen LogP contribution < -0.4 is 10.6 Å². The van der Waals surface area contributed by atoms with Gasteiger partial charge in [0, 0.05) is 28.9 Å². The minimum atomic E-state index is 0.173. The first kappa shape index (κ1) is 15.1. The van der Waals surface area contributed by atoms with E-state index in [2.05, 4.69) is 77.3 Å². The van der Waals surface area contributed by atoms with Gasteiger partial charge in [-0.3, -0.25) is 0 Å². The van der Waals surface area contributed by atoms with E-state index in [4.69, 9.17) is 5.73 Å². The predicted molar refractivity (Wildman–Crippen MR) is 90.7 cm³/mol. The average Bonchev–Trinajstić information content (AvgIpc) is 2.40. The molecule has 0 spiro atoms. The zero-order valence-corrected chi connectivity index (χ0v) is 13.8. The van der Waals surface area contributed by atoms with Crippen molar-refractivity contribution in [3.63, 3.8) is 0 Å². The molecule has 3 heteroatoms. The van der Waals surface area contributed by atoms with E-state index in [1.165, 1.54) is 16.8 Å². The van der Waals surface area contributed by atoms with E-state index in [9.17, 15) is 0 Å². The fourth-order valence-corrected chi connectivity index (χ4v) is 2.77. The summed E-state index contributed by atoms with van der Waals surface area (Å²) in [5.41, 5.74) is 10.7. The number of hydrogen-bond donors (Lipinski definition) is 1. The lowest BCUT2D eigenvalue weighted by Crippen LogP contribution is -2.18. The molecule has 2 aromatic carbocycles. The first-order chi connectivity index (χ1) is 9.47. The van der Waals surface area contributed by atoms with Crippen LogP contribution in [0.1, 0.15) is 18.1 Å². The zero-order chi connectivity index (χ0) is 14.7. The maximum absolute atomic E-state index is 5.87. The molecular weight excluding hydrogens is 312 g/mol. The second kappa shape index (κ2) is 6.42. The number of aryl methyl sites for hydroxylation is 1. The normalized spacial score (nSPS) is 12.2. The van der Waals surface area contributed by atoms with E-state index < -0.39 is 0 Å². The van der Waals surface area contributed by atoms with Crippen molar-refractivity contribution in [1.29, 1.82) is 0 Å². The largest absolute Gasteiger partial charge is 0.345 e. The molecular formula is C17H21BrN2. The number of hydrogen-bond acceptors (Lipinski definition) is 2.